The van der Waals surface area contributed by atoms with E-state index in [4.69, 9.17) is 21.3 Å². The highest BCUT2D eigenvalue weighted by molar-refractivity contribution is 14.0. The van der Waals surface area contributed by atoms with Gasteiger partial charge in [-0.2, -0.15) is 0 Å². The van der Waals surface area contributed by atoms with Gasteiger partial charge in [-0.15, -0.1) is 24.0 Å². The summed E-state index contributed by atoms with van der Waals surface area (Å²) in [6.07, 6.45) is 2.46. The topological polar surface area (TPSA) is 48.9 Å². The second-order valence-corrected chi connectivity index (χ2v) is 7.37. The van der Waals surface area contributed by atoms with Gasteiger partial charge in [0.05, 0.1) is 25.3 Å². The van der Waals surface area contributed by atoms with Crippen molar-refractivity contribution in [2.24, 2.45) is 4.99 Å². The maximum Gasteiger partial charge on any atom is 0.191 e. The minimum Gasteiger partial charge on any atom is -0.376 e. The van der Waals surface area contributed by atoms with Gasteiger partial charge in [-0.1, -0.05) is 17.7 Å². The summed E-state index contributed by atoms with van der Waals surface area (Å²) in [6, 6.07) is 5.14. The van der Waals surface area contributed by atoms with Crippen LogP contribution < -0.4 is 10.6 Å². The van der Waals surface area contributed by atoms with Crippen LogP contribution in [0.4, 0.5) is 4.39 Å². The minimum atomic E-state index is -0.281. The summed E-state index contributed by atoms with van der Waals surface area (Å²) in [5.41, 5.74) is 0.522. The van der Waals surface area contributed by atoms with Crippen LogP contribution >= 0.6 is 35.6 Å². The highest BCUT2D eigenvalue weighted by Gasteiger charge is 2.29. The highest BCUT2D eigenvalue weighted by Crippen LogP contribution is 2.31. The Hall–Kier alpha value is -0.640. The number of guanidine groups is 1. The molecule has 2 aliphatic rings. The van der Waals surface area contributed by atoms with Gasteiger partial charge >= 0.3 is 0 Å². The molecule has 1 saturated heterocycles. The molecule has 1 heterocycles. The molecular formula is C19H29ClFIN4O. The Bertz CT molecular complexity index is 624. The molecule has 1 aliphatic heterocycles. The monoisotopic (exact) mass is 510 g/mol. The second kappa shape index (κ2) is 10.8. The number of hydrogen-bond acceptors (Lipinski definition) is 3. The zero-order valence-electron chi connectivity index (χ0n) is 15.9. The summed E-state index contributed by atoms with van der Waals surface area (Å²) in [7, 11) is 0. The van der Waals surface area contributed by atoms with Crippen molar-refractivity contribution in [3.8, 4) is 0 Å². The smallest absolute Gasteiger partial charge is 0.191 e. The standard InChI is InChI=1S/C19H28ClFN4O.HI/c1-3-22-19(24-14-7-8-14)23-11-17(25-9-10-26-13(2)12-25)18-15(20)5-4-6-16(18)21;/h4-6,13-14,17H,3,7-12H2,1-2H3,(H2,22,23,24);1H. The van der Waals surface area contributed by atoms with Crippen molar-refractivity contribution in [3.05, 3.63) is 34.6 Å². The zero-order valence-corrected chi connectivity index (χ0v) is 19.0. The molecular weight excluding hydrogens is 482 g/mol. The van der Waals surface area contributed by atoms with E-state index >= 15 is 0 Å². The Morgan fingerprint density at radius 2 is 2.22 bits per heavy atom. The van der Waals surface area contributed by atoms with Crippen molar-refractivity contribution in [2.45, 2.75) is 44.9 Å². The first kappa shape index (κ1) is 22.6. The molecule has 3 rings (SSSR count). The fourth-order valence-electron chi connectivity index (χ4n) is 3.27. The third kappa shape index (κ3) is 6.44. The Morgan fingerprint density at radius 1 is 1.44 bits per heavy atom. The lowest BCUT2D eigenvalue weighted by molar-refractivity contribution is -0.0336. The molecule has 152 valence electrons. The predicted molar refractivity (Wildman–Crippen MR) is 119 cm³/mol. The number of aliphatic imine (C=N–C) groups is 1. The van der Waals surface area contributed by atoms with Crippen LogP contribution in [0.3, 0.4) is 0 Å². The van der Waals surface area contributed by atoms with Crippen LogP contribution in [0.15, 0.2) is 23.2 Å². The summed E-state index contributed by atoms with van der Waals surface area (Å²) in [6.45, 7) is 7.41. The molecule has 1 aromatic carbocycles. The van der Waals surface area contributed by atoms with Gasteiger partial charge in [0.25, 0.3) is 0 Å². The average Bonchev–Trinajstić information content (AvgIpc) is 3.41. The number of rotatable bonds is 6. The van der Waals surface area contributed by atoms with Gasteiger partial charge in [0.2, 0.25) is 0 Å². The highest BCUT2D eigenvalue weighted by atomic mass is 127. The fraction of sp³-hybridized carbons (Fsp3) is 0.632. The molecule has 27 heavy (non-hydrogen) atoms. The van der Waals surface area contributed by atoms with Gasteiger partial charge in [-0.25, -0.2) is 4.39 Å². The van der Waals surface area contributed by atoms with Gasteiger partial charge in [0.15, 0.2) is 5.96 Å². The van der Waals surface area contributed by atoms with Gasteiger partial charge in [-0.05, 0) is 38.8 Å². The third-order valence-electron chi connectivity index (χ3n) is 4.73. The number of halogens is 3. The predicted octanol–water partition coefficient (Wildman–Crippen LogP) is 3.58. The molecule has 2 atom stereocenters. The number of benzene rings is 1. The zero-order chi connectivity index (χ0) is 18.5. The number of nitrogens with zero attached hydrogens (tertiary/aromatic N) is 2. The van der Waals surface area contributed by atoms with Crippen molar-refractivity contribution in [1.29, 1.82) is 0 Å². The van der Waals surface area contributed by atoms with E-state index in [0.717, 1.165) is 25.6 Å². The molecule has 0 aromatic heterocycles. The van der Waals surface area contributed by atoms with Crippen LogP contribution in [0.25, 0.3) is 0 Å². The van der Waals surface area contributed by atoms with Gasteiger partial charge in [-0.3, -0.25) is 9.89 Å². The van der Waals surface area contributed by atoms with E-state index < -0.39 is 0 Å². The molecule has 1 aromatic rings. The number of nitrogens with one attached hydrogen (secondary N) is 2. The Labute approximate surface area is 183 Å². The third-order valence-corrected chi connectivity index (χ3v) is 5.06. The van der Waals surface area contributed by atoms with E-state index in [1.165, 1.54) is 18.9 Å². The largest absolute Gasteiger partial charge is 0.376 e. The summed E-state index contributed by atoms with van der Waals surface area (Å²) in [5, 5.41) is 7.13. The molecule has 8 heteroatoms. The summed E-state index contributed by atoms with van der Waals surface area (Å²) < 4.78 is 20.3. The van der Waals surface area contributed by atoms with E-state index in [1.807, 2.05) is 13.8 Å². The molecule has 0 radical (unpaired) electrons. The normalized spacial score (nSPS) is 22.1. The lowest BCUT2D eigenvalue weighted by atomic mass is 10.0. The van der Waals surface area contributed by atoms with Gasteiger partial charge in [0, 0.05) is 36.3 Å². The quantitative estimate of drug-likeness (QED) is 0.349. The first-order valence-electron chi connectivity index (χ1n) is 9.43. The minimum absolute atomic E-state index is 0. The molecule has 1 aliphatic carbocycles. The van der Waals surface area contributed by atoms with Crippen molar-refractivity contribution >= 4 is 41.5 Å². The number of morpholine rings is 1. The SMILES string of the molecule is CCNC(=NCC(c1c(F)cccc1Cl)N1CCOC(C)C1)NC1CC1.I. The maximum atomic E-state index is 14.6. The van der Waals surface area contributed by atoms with E-state index in [-0.39, 0.29) is 41.9 Å². The Morgan fingerprint density at radius 3 is 2.85 bits per heavy atom. The lowest BCUT2D eigenvalue weighted by Crippen LogP contribution is -2.45. The van der Waals surface area contributed by atoms with Crippen LogP contribution in [0, 0.1) is 5.82 Å². The maximum absolute atomic E-state index is 14.6. The molecule has 2 unspecified atom stereocenters. The Balaban J connectivity index is 0.00000261. The number of ether oxygens (including phenoxy) is 1. The van der Waals surface area contributed by atoms with Crippen LogP contribution in [-0.4, -0.2) is 55.8 Å². The fourth-order valence-corrected chi connectivity index (χ4v) is 3.55. The first-order chi connectivity index (χ1) is 12.6. The summed E-state index contributed by atoms with van der Waals surface area (Å²) in [5.74, 6) is 0.505. The average molecular weight is 511 g/mol. The lowest BCUT2D eigenvalue weighted by Gasteiger charge is -2.37. The van der Waals surface area contributed by atoms with Crippen LogP contribution in [-0.2, 0) is 4.74 Å². The molecule has 5 nitrogen and oxygen atoms in total. The molecule has 1 saturated carbocycles. The second-order valence-electron chi connectivity index (χ2n) is 6.97. The van der Waals surface area contributed by atoms with E-state index in [0.29, 0.717) is 29.8 Å². The molecule has 2 N–H and O–H groups in total. The molecule has 2 fully saturated rings. The van der Waals surface area contributed by atoms with Crippen LogP contribution in [0.1, 0.15) is 38.3 Å². The van der Waals surface area contributed by atoms with E-state index in [9.17, 15) is 4.39 Å². The summed E-state index contributed by atoms with van der Waals surface area (Å²) in [4.78, 5) is 6.96. The Kier molecular flexibility index (Phi) is 9.04. The van der Waals surface area contributed by atoms with Crippen molar-refractivity contribution in [1.82, 2.24) is 15.5 Å². The molecule has 0 amide bonds. The first-order valence-corrected chi connectivity index (χ1v) is 9.80. The van der Waals surface area contributed by atoms with E-state index in [2.05, 4.69) is 15.5 Å². The summed E-state index contributed by atoms with van der Waals surface area (Å²) >= 11 is 6.37. The van der Waals surface area contributed by atoms with Crippen LogP contribution in [0.2, 0.25) is 5.02 Å². The molecule has 0 bridgehead atoms. The van der Waals surface area contributed by atoms with Crippen molar-refractivity contribution < 1.29 is 9.13 Å². The molecule has 0 spiro atoms. The van der Waals surface area contributed by atoms with E-state index in [1.54, 1.807) is 12.1 Å². The van der Waals surface area contributed by atoms with Crippen molar-refractivity contribution in [3.63, 3.8) is 0 Å². The number of hydrogen-bond donors (Lipinski definition) is 2. The van der Waals surface area contributed by atoms with Crippen LogP contribution in [0.5, 0.6) is 0 Å². The van der Waals surface area contributed by atoms with Crippen molar-refractivity contribution in [2.75, 3.05) is 32.8 Å². The van der Waals surface area contributed by atoms with Gasteiger partial charge in [0.1, 0.15) is 5.82 Å². The van der Waals surface area contributed by atoms with Gasteiger partial charge < -0.3 is 15.4 Å².